The molecule has 2 heteroatoms. The summed E-state index contributed by atoms with van der Waals surface area (Å²) in [6, 6.07) is 77.6. The number of nitrogens with zero attached hydrogens (tertiary/aromatic N) is 1. The van der Waals surface area contributed by atoms with Crippen molar-refractivity contribution in [2.45, 2.75) is 231 Å². The van der Waals surface area contributed by atoms with Crippen molar-refractivity contribution >= 4 is 10.8 Å². The molecule has 0 aliphatic heterocycles. The third kappa shape index (κ3) is 11.6. The fourth-order valence-corrected chi connectivity index (χ4v) is 20.0. The van der Waals surface area contributed by atoms with Crippen LogP contribution in [0.5, 0.6) is 0 Å². The van der Waals surface area contributed by atoms with E-state index < -0.39 is 0 Å². The second-order valence-corrected chi connectivity index (χ2v) is 31.1. The van der Waals surface area contributed by atoms with Crippen molar-refractivity contribution in [3.8, 4) is 100 Å². The van der Waals surface area contributed by atoms with Crippen molar-refractivity contribution < 1.29 is 4.39 Å². The van der Waals surface area contributed by atoms with E-state index in [-0.39, 0.29) is 27.5 Å². The van der Waals surface area contributed by atoms with Gasteiger partial charge in [0.25, 0.3) is 0 Å². The van der Waals surface area contributed by atoms with Gasteiger partial charge in [0.15, 0.2) is 0 Å². The predicted molar refractivity (Wildman–Crippen MR) is 430 cm³/mol. The van der Waals surface area contributed by atoms with E-state index in [0.717, 1.165) is 110 Å². The van der Waals surface area contributed by atoms with E-state index in [9.17, 15) is 0 Å². The van der Waals surface area contributed by atoms with Crippen molar-refractivity contribution in [1.82, 2.24) is 4.98 Å². The van der Waals surface area contributed by atoms with Crippen molar-refractivity contribution in [3.05, 3.63) is 257 Å². The number of pyridine rings is 1. The molecule has 0 amide bonds. The van der Waals surface area contributed by atoms with E-state index in [0.29, 0.717) is 0 Å². The van der Waals surface area contributed by atoms with Crippen LogP contribution < -0.4 is 0 Å². The Hall–Kier alpha value is -8.46. The van der Waals surface area contributed by atoms with Crippen molar-refractivity contribution in [1.29, 1.82) is 0 Å². The molecular formula is C99H106FN. The Labute approximate surface area is 604 Å². The number of unbranched alkanes of at least 4 members (excludes halogenated alkanes) is 8. The minimum Gasteiger partial charge on any atom is -0.256 e. The molecule has 0 saturated carbocycles. The molecule has 0 radical (unpaired) electrons. The van der Waals surface area contributed by atoms with E-state index in [2.05, 4.69) is 243 Å². The van der Waals surface area contributed by atoms with Crippen LogP contribution in [0.3, 0.4) is 0 Å². The monoisotopic (exact) mass is 1330 g/mol. The molecule has 0 saturated heterocycles. The van der Waals surface area contributed by atoms with Crippen molar-refractivity contribution in [2.24, 2.45) is 0 Å². The lowest BCUT2D eigenvalue weighted by molar-refractivity contribution is 0.414. The summed E-state index contributed by atoms with van der Waals surface area (Å²) in [6.07, 6.45) is 29.9. The Kier molecular flexibility index (Phi) is 19.5. The number of aromatic nitrogens is 1. The van der Waals surface area contributed by atoms with Gasteiger partial charge in [-0.2, -0.15) is 0 Å². The van der Waals surface area contributed by atoms with E-state index >= 15 is 4.39 Å². The fraction of sp³-hybridized carbons (Fsp3) is 0.364. The topological polar surface area (TPSA) is 12.9 Å². The van der Waals surface area contributed by atoms with Gasteiger partial charge in [0.05, 0.1) is 5.69 Å². The molecule has 0 spiro atoms. The van der Waals surface area contributed by atoms with E-state index in [1.54, 1.807) is 12.1 Å². The molecule has 10 aromatic carbocycles. The molecule has 1 nitrogen and oxygen atoms in total. The van der Waals surface area contributed by atoms with E-state index in [4.69, 9.17) is 4.98 Å². The highest BCUT2D eigenvalue weighted by Crippen LogP contribution is 2.61. The number of halogens is 1. The summed E-state index contributed by atoms with van der Waals surface area (Å²) in [6.45, 7) is 18.8. The summed E-state index contributed by atoms with van der Waals surface area (Å²) in [5.74, 6) is -0.249. The van der Waals surface area contributed by atoms with Crippen LogP contribution in [0.1, 0.15) is 254 Å². The predicted octanol–water partition coefficient (Wildman–Crippen LogP) is 29.3. The van der Waals surface area contributed by atoms with Gasteiger partial charge in [-0.3, -0.25) is 4.98 Å². The van der Waals surface area contributed by atoms with Crippen LogP contribution in [0.25, 0.3) is 111 Å². The smallest absolute Gasteiger partial charge is 0.124 e. The van der Waals surface area contributed by atoms with E-state index in [1.165, 1.54) is 199 Å². The Morgan fingerprint density at radius 3 is 0.881 bits per heavy atom. The lowest BCUT2D eigenvalue weighted by Gasteiger charge is -2.34. The zero-order valence-electron chi connectivity index (χ0n) is 61.9. The molecule has 101 heavy (non-hydrogen) atoms. The molecule has 0 unspecified atom stereocenters. The zero-order chi connectivity index (χ0) is 69.5. The molecule has 1 heterocycles. The molecule has 1 aromatic heterocycles. The largest absolute Gasteiger partial charge is 0.256 e. The minimum absolute atomic E-state index is 0.0295. The van der Waals surface area contributed by atoms with Gasteiger partial charge in [0.2, 0.25) is 0 Å². The fourth-order valence-electron chi connectivity index (χ4n) is 20.0. The highest BCUT2D eigenvalue weighted by molar-refractivity contribution is 6.04. The molecular weight excluding hydrogens is 1220 g/mol. The normalized spacial score (nSPS) is 14.9. The summed E-state index contributed by atoms with van der Waals surface area (Å²) >= 11 is 0. The molecule has 15 rings (SSSR count). The van der Waals surface area contributed by atoms with Crippen LogP contribution >= 0.6 is 0 Å². The number of hydrogen-bond acceptors (Lipinski definition) is 1. The number of fused-ring (bicyclic) bond motifs is 13. The maximum atomic E-state index is 16.9. The first-order valence-corrected chi connectivity index (χ1v) is 39.8. The lowest BCUT2D eigenvalue weighted by Crippen LogP contribution is -2.26. The van der Waals surface area contributed by atoms with Crippen molar-refractivity contribution in [3.63, 3.8) is 0 Å². The highest BCUT2D eigenvalue weighted by Gasteiger charge is 2.47. The van der Waals surface area contributed by atoms with Gasteiger partial charge in [0, 0.05) is 38.8 Å². The SMILES string of the molecule is CCCCC1(CCCC)c2ccccc2-c2ccc(-c3ccc4c(c3)C(CCCC)(CCCC)c3cc(-c5cc(F)cc(-c6nccc7c(-c8ccc9c(c8)C(CCCC)(CCCC)c8cc(-c%10ccc%11c(c%10)C(CCCC)(CCCC)c%10ccccc%10-%11)ccc8-9)cccc67)c5)ccc3-4)cc21. The Morgan fingerprint density at radius 1 is 0.238 bits per heavy atom. The van der Waals surface area contributed by atoms with E-state index in [1.807, 2.05) is 6.20 Å². The van der Waals surface area contributed by atoms with Crippen LogP contribution in [0.4, 0.5) is 4.39 Å². The summed E-state index contributed by atoms with van der Waals surface area (Å²) in [4.78, 5) is 5.17. The summed E-state index contributed by atoms with van der Waals surface area (Å²) < 4.78 is 16.9. The molecule has 0 N–H and O–H groups in total. The van der Waals surface area contributed by atoms with Crippen LogP contribution in [0, 0.1) is 5.82 Å². The number of benzene rings is 10. The zero-order valence-corrected chi connectivity index (χ0v) is 61.9. The molecule has 4 aliphatic carbocycles. The first kappa shape index (κ1) is 68.3. The second kappa shape index (κ2) is 28.8. The Bertz CT molecular complexity index is 4850. The van der Waals surface area contributed by atoms with Crippen LogP contribution in [-0.2, 0) is 21.7 Å². The summed E-state index contributed by atoms with van der Waals surface area (Å²) in [7, 11) is 0. The van der Waals surface area contributed by atoms with Crippen LogP contribution in [0.15, 0.2) is 206 Å². The molecule has 0 atom stereocenters. The Balaban J connectivity index is 0.782. The van der Waals surface area contributed by atoms with Gasteiger partial charge in [-0.05, 0) is 251 Å². The van der Waals surface area contributed by atoms with Crippen LogP contribution in [-0.4, -0.2) is 4.98 Å². The molecule has 0 fully saturated rings. The Morgan fingerprint density at radius 2 is 0.525 bits per heavy atom. The maximum Gasteiger partial charge on any atom is 0.124 e. The first-order chi connectivity index (χ1) is 49.6. The van der Waals surface area contributed by atoms with Gasteiger partial charge in [-0.1, -0.05) is 298 Å². The molecule has 0 bridgehead atoms. The average molecular weight is 1330 g/mol. The lowest BCUT2D eigenvalue weighted by atomic mass is 9.69. The van der Waals surface area contributed by atoms with Crippen LogP contribution in [0.2, 0.25) is 0 Å². The van der Waals surface area contributed by atoms with Gasteiger partial charge in [-0.25, -0.2) is 4.39 Å². The number of rotatable bonds is 29. The number of hydrogen-bond donors (Lipinski definition) is 0. The standard InChI is InChI=1S/C99H106FN/c1-9-17-49-96(50-18-10-2)87-34-27-25-30-78(87)80-42-36-67(61-89(80)96)69-38-44-82-84-46-40-71(65-93(84)98(53-21-13-5,54-22-14-6)91(82)63-69)73-58-74(60-75(100)59-73)95-86-33-29-32-76(77(86)48-57-101-95)72-41-47-85-83-45-39-70(64-92(83)99(55-23-15-7,56-24-16-8)94(85)66-72)68-37-43-81-79-31-26-28-35-88(79)97(51-19-11-3,52-20-12-4)90(81)62-68/h25-48,57-66H,9-24,49-56H2,1-8H3. The third-order valence-corrected chi connectivity index (χ3v) is 25.2. The quantitative estimate of drug-likeness (QED) is 0.0455. The molecule has 514 valence electrons. The van der Waals surface area contributed by atoms with Crippen molar-refractivity contribution in [2.75, 3.05) is 0 Å². The highest BCUT2D eigenvalue weighted by atomic mass is 19.1. The van der Waals surface area contributed by atoms with Gasteiger partial charge in [0.1, 0.15) is 5.82 Å². The third-order valence-electron chi connectivity index (χ3n) is 25.2. The summed E-state index contributed by atoms with van der Waals surface area (Å²) in [5, 5.41) is 2.16. The van der Waals surface area contributed by atoms with Gasteiger partial charge < -0.3 is 0 Å². The average Bonchev–Trinajstić information content (AvgIpc) is 1.58. The first-order valence-electron chi connectivity index (χ1n) is 39.8. The second-order valence-electron chi connectivity index (χ2n) is 31.1. The maximum absolute atomic E-state index is 16.9. The van der Waals surface area contributed by atoms with Gasteiger partial charge in [-0.15, -0.1) is 0 Å². The molecule has 11 aromatic rings. The minimum atomic E-state index is -0.249. The molecule has 4 aliphatic rings. The van der Waals surface area contributed by atoms with Gasteiger partial charge >= 0.3 is 0 Å². The summed E-state index contributed by atoms with van der Waals surface area (Å²) in [5.41, 5.74) is 34.1.